The molecule has 1 rings (SSSR count). The molecule has 0 spiro atoms. The van der Waals surface area contributed by atoms with Crippen molar-refractivity contribution < 1.29 is 9.90 Å². The van der Waals surface area contributed by atoms with Gasteiger partial charge in [-0.15, -0.1) is 12.4 Å². The van der Waals surface area contributed by atoms with Crippen LogP contribution in [0.15, 0.2) is 18.3 Å². The molecule has 0 saturated heterocycles. The first-order chi connectivity index (χ1) is 5.18. The first-order valence-corrected chi connectivity index (χ1v) is 3.38. The summed E-state index contributed by atoms with van der Waals surface area (Å²) in [7, 11) is 0. The third-order valence-corrected chi connectivity index (χ3v) is 1.34. The molecule has 0 aliphatic carbocycles. The van der Waals surface area contributed by atoms with Gasteiger partial charge in [-0.05, 0) is 12.1 Å². The standard InChI is InChI=1S/C7H6ClNO2.ClH/c8-5-1-2-6(9-4-5)3-7(10)11;/h1-2,4H,3H2,(H,10,11);1H. The lowest BCUT2D eigenvalue weighted by Crippen LogP contribution is -2.01. The molecule has 0 fully saturated rings. The van der Waals surface area contributed by atoms with Crippen LogP contribution in [0.1, 0.15) is 5.69 Å². The number of hydrogen-bond acceptors (Lipinski definition) is 2. The van der Waals surface area contributed by atoms with Crippen molar-refractivity contribution in [2.45, 2.75) is 6.42 Å². The average molecular weight is 208 g/mol. The van der Waals surface area contributed by atoms with E-state index in [1.165, 1.54) is 6.20 Å². The largest absolute Gasteiger partial charge is 0.481 e. The number of nitrogens with zero attached hydrogens (tertiary/aromatic N) is 1. The Balaban J connectivity index is 0.00000121. The van der Waals surface area contributed by atoms with Gasteiger partial charge in [0.15, 0.2) is 0 Å². The Morgan fingerprint density at radius 3 is 2.67 bits per heavy atom. The van der Waals surface area contributed by atoms with Gasteiger partial charge in [0.1, 0.15) is 0 Å². The first kappa shape index (κ1) is 11.2. The van der Waals surface area contributed by atoms with E-state index < -0.39 is 5.97 Å². The van der Waals surface area contributed by atoms with E-state index in [9.17, 15) is 4.79 Å². The van der Waals surface area contributed by atoms with Gasteiger partial charge in [0.2, 0.25) is 0 Å². The normalized spacial score (nSPS) is 8.75. The van der Waals surface area contributed by atoms with Gasteiger partial charge in [0.25, 0.3) is 0 Å². The molecule has 12 heavy (non-hydrogen) atoms. The van der Waals surface area contributed by atoms with Gasteiger partial charge < -0.3 is 5.11 Å². The minimum Gasteiger partial charge on any atom is -0.481 e. The van der Waals surface area contributed by atoms with Crippen molar-refractivity contribution in [2.75, 3.05) is 0 Å². The number of carbonyl (C=O) groups is 1. The SMILES string of the molecule is Cl.O=C(O)Cc1ccc(Cl)cn1. The monoisotopic (exact) mass is 207 g/mol. The van der Waals surface area contributed by atoms with Crippen LogP contribution in [0.3, 0.4) is 0 Å². The van der Waals surface area contributed by atoms with E-state index in [0.717, 1.165) is 0 Å². The van der Waals surface area contributed by atoms with E-state index >= 15 is 0 Å². The summed E-state index contributed by atoms with van der Waals surface area (Å²) >= 11 is 5.54. The Hall–Kier alpha value is -0.800. The number of pyridine rings is 1. The lowest BCUT2D eigenvalue weighted by atomic mass is 10.3. The lowest BCUT2D eigenvalue weighted by Gasteiger charge is -1.94. The molecule has 0 unspecified atom stereocenters. The van der Waals surface area contributed by atoms with Crippen LogP contribution in [-0.2, 0) is 11.2 Å². The van der Waals surface area contributed by atoms with E-state index in [1.807, 2.05) is 0 Å². The summed E-state index contributed by atoms with van der Waals surface area (Å²) in [5, 5.41) is 8.88. The van der Waals surface area contributed by atoms with Crippen LogP contribution in [0, 0.1) is 0 Å². The van der Waals surface area contributed by atoms with Crippen molar-refractivity contribution >= 4 is 30.0 Å². The van der Waals surface area contributed by atoms with E-state index in [4.69, 9.17) is 16.7 Å². The molecule has 0 aromatic carbocycles. The predicted molar refractivity (Wildman–Crippen MR) is 47.8 cm³/mol. The van der Waals surface area contributed by atoms with Crippen molar-refractivity contribution in [3.63, 3.8) is 0 Å². The molecule has 1 aromatic rings. The van der Waals surface area contributed by atoms with Crippen LogP contribution in [0.25, 0.3) is 0 Å². The molecule has 0 atom stereocenters. The number of aliphatic carboxylic acids is 1. The minimum absolute atomic E-state index is 0. The molecule has 0 amide bonds. The minimum atomic E-state index is -0.889. The molecule has 3 nitrogen and oxygen atoms in total. The van der Waals surface area contributed by atoms with E-state index in [2.05, 4.69) is 4.98 Å². The second kappa shape index (κ2) is 4.95. The molecule has 0 bridgehead atoms. The number of carboxylic acid groups (broad SMARTS) is 1. The fraction of sp³-hybridized carbons (Fsp3) is 0.143. The topological polar surface area (TPSA) is 50.2 Å². The maximum Gasteiger partial charge on any atom is 0.309 e. The smallest absolute Gasteiger partial charge is 0.309 e. The first-order valence-electron chi connectivity index (χ1n) is 3.00. The highest BCUT2D eigenvalue weighted by Crippen LogP contribution is 2.06. The fourth-order valence-electron chi connectivity index (χ4n) is 0.666. The Morgan fingerprint density at radius 1 is 1.58 bits per heavy atom. The van der Waals surface area contributed by atoms with Crippen LogP contribution in [0.2, 0.25) is 5.02 Å². The number of carboxylic acids is 1. The van der Waals surface area contributed by atoms with Gasteiger partial charge in [0.05, 0.1) is 17.1 Å². The van der Waals surface area contributed by atoms with Crippen molar-refractivity contribution in [2.24, 2.45) is 0 Å². The Bertz CT molecular complexity index is 261. The third-order valence-electron chi connectivity index (χ3n) is 1.12. The van der Waals surface area contributed by atoms with Crippen molar-refractivity contribution in [1.29, 1.82) is 0 Å². The van der Waals surface area contributed by atoms with Gasteiger partial charge in [0, 0.05) is 6.20 Å². The van der Waals surface area contributed by atoms with E-state index in [-0.39, 0.29) is 18.8 Å². The molecular weight excluding hydrogens is 201 g/mol. The summed E-state index contributed by atoms with van der Waals surface area (Å²) in [6, 6.07) is 3.21. The van der Waals surface area contributed by atoms with Gasteiger partial charge >= 0.3 is 5.97 Å². The second-order valence-corrected chi connectivity index (χ2v) is 2.47. The average Bonchev–Trinajstić information content (AvgIpc) is 1.93. The number of aromatic nitrogens is 1. The zero-order valence-corrected chi connectivity index (χ0v) is 7.60. The van der Waals surface area contributed by atoms with Crippen LogP contribution >= 0.6 is 24.0 Å². The summed E-state index contributed by atoms with van der Waals surface area (Å²) in [5.74, 6) is -0.889. The molecule has 0 radical (unpaired) electrons. The molecule has 1 aromatic heterocycles. The molecule has 0 saturated carbocycles. The zero-order valence-electron chi connectivity index (χ0n) is 6.03. The highest BCUT2D eigenvalue weighted by Gasteiger charge is 1.99. The van der Waals surface area contributed by atoms with Crippen LogP contribution in [0.4, 0.5) is 0 Å². The van der Waals surface area contributed by atoms with E-state index in [0.29, 0.717) is 10.7 Å². The number of hydrogen-bond donors (Lipinski definition) is 1. The highest BCUT2D eigenvalue weighted by molar-refractivity contribution is 6.30. The lowest BCUT2D eigenvalue weighted by molar-refractivity contribution is -0.136. The van der Waals surface area contributed by atoms with Gasteiger partial charge in [-0.2, -0.15) is 0 Å². The molecule has 1 N–H and O–H groups in total. The predicted octanol–water partition coefficient (Wildman–Crippen LogP) is 1.78. The van der Waals surface area contributed by atoms with Crippen LogP contribution in [0.5, 0.6) is 0 Å². The fourth-order valence-corrected chi connectivity index (χ4v) is 0.778. The van der Waals surface area contributed by atoms with Crippen LogP contribution in [-0.4, -0.2) is 16.1 Å². The number of rotatable bonds is 2. The maximum absolute atomic E-state index is 10.2. The zero-order chi connectivity index (χ0) is 8.27. The second-order valence-electron chi connectivity index (χ2n) is 2.04. The number of halogens is 2. The summed E-state index contributed by atoms with van der Waals surface area (Å²) in [6.45, 7) is 0. The summed E-state index contributed by atoms with van der Waals surface area (Å²) in [4.78, 5) is 14.0. The molecule has 66 valence electrons. The van der Waals surface area contributed by atoms with Crippen molar-refractivity contribution in [3.8, 4) is 0 Å². The quantitative estimate of drug-likeness (QED) is 0.805. The molecule has 5 heteroatoms. The van der Waals surface area contributed by atoms with Gasteiger partial charge in [-0.3, -0.25) is 9.78 Å². The summed E-state index contributed by atoms with van der Waals surface area (Å²) in [6.07, 6.45) is 1.37. The Kier molecular flexibility index (Phi) is 4.62. The Morgan fingerprint density at radius 2 is 2.25 bits per heavy atom. The highest BCUT2D eigenvalue weighted by atomic mass is 35.5. The van der Waals surface area contributed by atoms with Crippen molar-refractivity contribution in [1.82, 2.24) is 4.98 Å². The van der Waals surface area contributed by atoms with E-state index in [1.54, 1.807) is 12.1 Å². The van der Waals surface area contributed by atoms with Gasteiger partial charge in [-0.25, -0.2) is 0 Å². The molecule has 0 aliphatic heterocycles. The molecule has 0 aliphatic rings. The third kappa shape index (κ3) is 3.55. The Labute approximate surface area is 80.8 Å². The molecular formula is C7H7Cl2NO2. The summed E-state index contributed by atoms with van der Waals surface area (Å²) < 4.78 is 0. The maximum atomic E-state index is 10.2. The van der Waals surface area contributed by atoms with Gasteiger partial charge in [-0.1, -0.05) is 11.6 Å². The van der Waals surface area contributed by atoms with Crippen molar-refractivity contribution in [3.05, 3.63) is 29.0 Å². The summed E-state index contributed by atoms with van der Waals surface area (Å²) in [5.41, 5.74) is 0.516. The van der Waals surface area contributed by atoms with Crippen LogP contribution < -0.4 is 0 Å². The molecule has 1 heterocycles.